The summed E-state index contributed by atoms with van der Waals surface area (Å²) >= 11 is 3.42. The standard InChI is InChI=1S/C24H29BrN4O4S/c1-27-13-19-7-8-20(14-27)29(19)23(30)15-28-10-2-3-22(24(28)31)26-34(32,33)21-9-5-16-11-18(25)6-4-17(16)12-21/h4-6,9,11-12,19-20,22,26H,2-3,7-8,10,13-15H2,1H3. The van der Waals surface area contributed by atoms with Crippen LogP contribution in [0.5, 0.6) is 0 Å². The molecule has 0 aromatic heterocycles. The van der Waals surface area contributed by atoms with E-state index in [9.17, 15) is 18.0 Å². The van der Waals surface area contributed by atoms with Crippen LogP contribution >= 0.6 is 15.9 Å². The topological polar surface area (TPSA) is 90.0 Å². The minimum atomic E-state index is -3.89. The van der Waals surface area contributed by atoms with Crippen LogP contribution in [-0.2, 0) is 19.6 Å². The predicted molar refractivity (Wildman–Crippen MR) is 133 cm³/mol. The van der Waals surface area contributed by atoms with E-state index in [4.69, 9.17) is 0 Å². The van der Waals surface area contributed by atoms with E-state index < -0.39 is 16.1 Å². The number of hydrogen-bond donors (Lipinski definition) is 1. The number of nitrogens with zero attached hydrogens (tertiary/aromatic N) is 3. The molecule has 34 heavy (non-hydrogen) atoms. The number of halogens is 1. The van der Waals surface area contributed by atoms with Crippen molar-refractivity contribution in [1.29, 1.82) is 0 Å². The Morgan fingerprint density at radius 3 is 2.47 bits per heavy atom. The maximum atomic E-state index is 13.1. The second-order valence-corrected chi connectivity index (χ2v) is 12.3. The van der Waals surface area contributed by atoms with Crippen LogP contribution in [0.4, 0.5) is 0 Å². The van der Waals surface area contributed by atoms with Crippen molar-refractivity contribution in [2.24, 2.45) is 0 Å². The number of sulfonamides is 1. The third-order valence-corrected chi connectivity index (χ3v) is 9.15. The minimum absolute atomic E-state index is 0.0125. The van der Waals surface area contributed by atoms with E-state index in [0.29, 0.717) is 19.4 Å². The number of likely N-dealkylation sites (tertiary alicyclic amines) is 2. The van der Waals surface area contributed by atoms with Crippen LogP contribution in [0, 0.1) is 0 Å². The molecule has 8 nitrogen and oxygen atoms in total. The number of benzene rings is 2. The summed E-state index contributed by atoms with van der Waals surface area (Å²) in [5.41, 5.74) is 0. The Balaban J connectivity index is 1.27. The van der Waals surface area contributed by atoms with Crippen molar-refractivity contribution in [2.75, 3.05) is 33.2 Å². The van der Waals surface area contributed by atoms with Gasteiger partial charge in [-0.15, -0.1) is 0 Å². The van der Waals surface area contributed by atoms with E-state index in [-0.39, 0.29) is 35.3 Å². The Hall–Kier alpha value is -2.01. The molecule has 5 rings (SSSR count). The molecule has 10 heteroatoms. The van der Waals surface area contributed by atoms with Crippen LogP contribution in [0.25, 0.3) is 10.8 Å². The van der Waals surface area contributed by atoms with Crippen molar-refractivity contribution in [1.82, 2.24) is 19.4 Å². The number of piperidine rings is 1. The second kappa shape index (κ2) is 9.22. The summed E-state index contributed by atoms with van der Waals surface area (Å²) in [4.78, 5) is 32.1. The van der Waals surface area contributed by atoms with Crippen molar-refractivity contribution >= 4 is 48.5 Å². The van der Waals surface area contributed by atoms with Crippen LogP contribution < -0.4 is 4.72 Å². The minimum Gasteiger partial charge on any atom is -0.333 e. The molecule has 3 unspecified atom stereocenters. The first-order chi connectivity index (χ1) is 16.2. The first kappa shape index (κ1) is 23.7. The van der Waals surface area contributed by atoms with Gasteiger partial charge < -0.3 is 14.7 Å². The van der Waals surface area contributed by atoms with Crippen LogP contribution in [0.1, 0.15) is 25.7 Å². The van der Waals surface area contributed by atoms with E-state index in [1.807, 2.05) is 23.1 Å². The Kier molecular flexibility index (Phi) is 6.43. The Bertz CT molecular complexity index is 1220. The van der Waals surface area contributed by atoms with E-state index >= 15 is 0 Å². The van der Waals surface area contributed by atoms with Gasteiger partial charge in [0.15, 0.2) is 0 Å². The van der Waals surface area contributed by atoms with Gasteiger partial charge in [-0.2, -0.15) is 4.72 Å². The summed E-state index contributed by atoms with van der Waals surface area (Å²) in [6.07, 6.45) is 3.07. The number of likely N-dealkylation sites (N-methyl/N-ethyl adjacent to an activating group) is 1. The van der Waals surface area contributed by atoms with Crippen molar-refractivity contribution < 1.29 is 18.0 Å². The van der Waals surface area contributed by atoms with Gasteiger partial charge in [-0.25, -0.2) is 8.42 Å². The van der Waals surface area contributed by atoms with Gasteiger partial charge in [0.1, 0.15) is 6.04 Å². The molecule has 2 bridgehead atoms. The van der Waals surface area contributed by atoms with E-state index in [2.05, 4.69) is 32.6 Å². The molecule has 1 N–H and O–H groups in total. The molecule has 0 radical (unpaired) electrons. The molecule has 2 amide bonds. The lowest BCUT2D eigenvalue weighted by Gasteiger charge is -2.41. The number of piperazine rings is 1. The zero-order valence-electron chi connectivity index (χ0n) is 19.1. The lowest BCUT2D eigenvalue weighted by Crippen LogP contribution is -2.59. The van der Waals surface area contributed by atoms with E-state index in [1.165, 1.54) is 4.90 Å². The highest BCUT2D eigenvalue weighted by Gasteiger charge is 2.42. The molecule has 3 atom stereocenters. The highest BCUT2D eigenvalue weighted by molar-refractivity contribution is 9.10. The van der Waals surface area contributed by atoms with Gasteiger partial charge in [-0.3, -0.25) is 9.59 Å². The van der Waals surface area contributed by atoms with Gasteiger partial charge in [0.25, 0.3) is 0 Å². The van der Waals surface area contributed by atoms with Crippen LogP contribution in [-0.4, -0.2) is 86.3 Å². The molecule has 3 aliphatic rings. The summed E-state index contributed by atoms with van der Waals surface area (Å²) in [7, 11) is -1.81. The first-order valence-corrected chi connectivity index (χ1v) is 14.0. The summed E-state index contributed by atoms with van der Waals surface area (Å²) in [5.74, 6) is -0.354. The van der Waals surface area contributed by atoms with Gasteiger partial charge in [0.05, 0.1) is 11.4 Å². The monoisotopic (exact) mass is 548 g/mol. The van der Waals surface area contributed by atoms with Crippen LogP contribution in [0.2, 0.25) is 0 Å². The summed E-state index contributed by atoms with van der Waals surface area (Å²) in [6, 6.07) is 10.1. The molecular weight excluding hydrogens is 520 g/mol. The maximum Gasteiger partial charge on any atom is 0.242 e. The number of fused-ring (bicyclic) bond motifs is 3. The Labute approximate surface area is 208 Å². The molecule has 2 aromatic carbocycles. The average molecular weight is 549 g/mol. The molecule has 3 fully saturated rings. The van der Waals surface area contributed by atoms with Gasteiger partial charge in [-0.05, 0) is 67.8 Å². The highest BCUT2D eigenvalue weighted by Crippen LogP contribution is 2.30. The van der Waals surface area contributed by atoms with Crippen LogP contribution in [0.15, 0.2) is 45.8 Å². The SMILES string of the molecule is CN1CC2CCC(C1)N2C(=O)CN1CCCC(NS(=O)(=O)c2ccc3cc(Br)ccc3c2)C1=O. The molecule has 3 aliphatic heterocycles. The molecule has 0 aliphatic carbocycles. The van der Waals surface area contributed by atoms with Crippen molar-refractivity contribution in [2.45, 2.75) is 48.7 Å². The molecule has 0 spiro atoms. The molecule has 0 saturated carbocycles. The fraction of sp³-hybridized carbons (Fsp3) is 0.500. The number of nitrogens with one attached hydrogen (secondary N) is 1. The Morgan fingerprint density at radius 2 is 1.74 bits per heavy atom. The number of carbonyl (C=O) groups excluding carboxylic acids is 2. The zero-order valence-corrected chi connectivity index (χ0v) is 21.5. The number of hydrogen-bond acceptors (Lipinski definition) is 5. The Morgan fingerprint density at radius 1 is 1.06 bits per heavy atom. The molecule has 2 aromatic rings. The van der Waals surface area contributed by atoms with E-state index in [0.717, 1.165) is 41.2 Å². The van der Waals surface area contributed by atoms with Crippen molar-refractivity contribution in [3.63, 3.8) is 0 Å². The quantitative estimate of drug-likeness (QED) is 0.618. The van der Waals surface area contributed by atoms with Gasteiger partial charge in [0.2, 0.25) is 21.8 Å². The lowest BCUT2D eigenvalue weighted by molar-refractivity contribution is -0.146. The molecule has 3 saturated heterocycles. The maximum absolute atomic E-state index is 13.1. The largest absolute Gasteiger partial charge is 0.333 e. The predicted octanol–water partition coefficient (Wildman–Crippen LogP) is 2.18. The van der Waals surface area contributed by atoms with Gasteiger partial charge in [-0.1, -0.05) is 28.1 Å². The van der Waals surface area contributed by atoms with E-state index in [1.54, 1.807) is 18.2 Å². The zero-order chi connectivity index (χ0) is 24.0. The smallest absolute Gasteiger partial charge is 0.242 e. The van der Waals surface area contributed by atoms with Gasteiger partial charge in [0, 0.05) is 36.2 Å². The third kappa shape index (κ3) is 4.60. The molecule has 182 valence electrons. The van der Waals surface area contributed by atoms with Crippen LogP contribution in [0.3, 0.4) is 0 Å². The molecular formula is C24H29BrN4O4S. The summed E-state index contributed by atoms with van der Waals surface area (Å²) in [5, 5.41) is 1.72. The van der Waals surface area contributed by atoms with Crippen molar-refractivity contribution in [3.05, 3.63) is 40.9 Å². The third-order valence-electron chi connectivity index (χ3n) is 7.19. The fourth-order valence-electron chi connectivity index (χ4n) is 5.59. The lowest BCUT2D eigenvalue weighted by atomic mass is 10.1. The van der Waals surface area contributed by atoms with Gasteiger partial charge >= 0.3 is 0 Å². The first-order valence-electron chi connectivity index (χ1n) is 11.7. The summed E-state index contributed by atoms with van der Waals surface area (Å²) in [6.45, 7) is 2.21. The number of amides is 2. The fourth-order valence-corrected chi connectivity index (χ4v) is 7.23. The average Bonchev–Trinajstić information content (AvgIpc) is 3.07. The number of rotatable bonds is 5. The van der Waals surface area contributed by atoms with Crippen molar-refractivity contribution in [3.8, 4) is 0 Å². The molecule has 3 heterocycles. The second-order valence-electron chi connectivity index (χ2n) is 9.64. The number of carbonyl (C=O) groups is 2. The highest BCUT2D eigenvalue weighted by atomic mass is 79.9. The normalized spacial score (nSPS) is 25.8. The summed E-state index contributed by atoms with van der Waals surface area (Å²) < 4.78 is 29.7.